The number of fused-ring (bicyclic) bond motifs is 3. The van der Waals surface area contributed by atoms with Crippen LogP contribution >= 0.6 is 0 Å². The molecule has 1 aliphatic heterocycles. The molecule has 4 aromatic rings. The fourth-order valence-electron chi connectivity index (χ4n) is 4.61. The number of hydrogen-bond acceptors (Lipinski definition) is 3. The van der Waals surface area contributed by atoms with Crippen molar-refractivity contribution in [3.05, 3.63) is 82.8 Å². The van der Waals surface area contributed by atoms with Crippen LogP contribution < -0.4 is 10.5 Å². The molecule has 0 amide bonds. The van der Waals surface area contributed by atoms with Crippen LogP contribution in [0.2, 0.25) is 0 Å². The van der Waals surface area contributed by atoms with Gasteiger partial charge < -0.3 is 13.9 Å². The molecule has 0 radical (unpaired) electrons. The highest BCUT2D eigenvalue weighted by atomic mass is 16.1. The Hall–Kier alpha value is -3.05. The summed E-state index contributed by atoms with van der Waals surface area (Å²) in [6, 6.07) is 20.9. The van der Waals surface area contributed by atoms with Crippen LogP contribution in [0.3, 0.4) is 0 Å². The number of aryl methyl sites for hydroxylation is 2. The minimum atomic E-state index is 0.102. The van der Waals surface area contributed by atoms with Crippen LogP contribution in [-0.4, -0.2) is 46.6 Å². The number of aromatic nitrogens is 2. The molecule has 2 aromatic carbocycles. The van der Waals surface area contributed by atoms with Crippen molar-refractivity contribution in [1.29, 1.82) is 0 Å². The third kappa shape index (κ3) is 3.50. The van der Waals surface area contributed by atoms with Crippen molar-refractivity contribution >= 4 is 22.2 Å². The van der Waals surface area contributed by atoms with Crippen molar-refractivity contribution in [2.45, 2.75) is 19.9 Å². The van der Waals surface area contributed by atoms with E-state index in [9.17, 15) is 4.79 Å². The second kappa shape index (κ2) is 8.00. The van der Waals surface area contributed by atoms with Crippen LogP contribution in [0, 0.1) is 6.92 Å². The van der Waals surface area contributed by atoms with Gasteiger partial charge in [-0.3, -0.25) is 9.69 Å². The Balaban J connectivity index is 1.28. The monoisotopic (exact) mass is 400 g/mol. The third-order valence-corrected chi connectivity index (χ3v) is 6.24. The third-order valence-electron chi connectivity index (χ3n) is 6.24. The second-order valence-corrected chi connectivity index (χ2v) is 8.23. The lowest BCUT2D eigenvalue weighted by Crippen LogP contribution is -2.46. The Morgan fingerprint density at radius 1 is 0.800 bits per heavy atom. The lowest BCUT2D eigenvalue weighted by Gasteiger charge is -2.36. The van der Waals surface area contributed by atoms with Gasteiger partial charge in [0, 0.05) is 44.6 Å². The molecule has 1 saturated heterocycles. The highest BCUT2D eigenvalue weighted by molar-refractivity contribution is 5.79. The van der Waals surface area contributed by atoms with E-state index in [1.54, 1.807) is 0 Å². The first kappa shape index (κ1) is 18.9. The van der Waals surface area contributed by atoms with E-state index in [1.807, 2.05) is 27.3 Å². The smallest absolute Gasteiger partial charge is 0.275 e. The molecule has 0 N–H and O–H groups in total. The first-order valence-corrected chi connectivity index (χ1v) is 10.8. The van der Waals surface area contributed by atoms with Gasteiger partial charge in [0.25, 0.3) is 5.56 Å². The van der Waals surface area contributed by atoms with Crippen LogP contribution in [0.15, 0.2) is 71.7 Å². The molecule has 0 saturated carbocycles. The summed E-state index contributed by atoms with van der Waals surface area (Å²) >= 11 is 0. The normalized spacial score (nSPS) is 15.3. The molecule has 5 heteroatoms. The molecular formula is C25H28N4O. The highest BCUT2D eigenvalue weighted by Gasteiger charge is 2.17. The number of anilines is 1. The summed E-state index contributed by atoms with van der Waals surface area (Å²) in [5.74, 6) is 0. The quantitative estimate of drug-likeness (QED) is 0.511. The minimum absolute atomic E-state index is 0.102. The molecular weight excluding hydrogens is 372 g/mol. The van der Waals surface area contributed by atoms with Gasteiger partial charge in [-0.15, -0.1) is 0 Å². The number of benzene rings is 2. The van der Waals surface area contributed by atoms with Gasteiger partial charge in [-0.1, -0.05) is 24.3 Å². The molecule has 5 rings (SSSR count). The lowest BCUT2D eigenvalue weighted by molar-refractivity contribution is 0.250. The lowest BCUT2D eigenvalue weighted by atomic mass is 10.2. The molecule has 0 unspecified atom stereocenters. The van der Waals surface area contributed by atoms with Gasteiger partial charge >= 0.3 is 0 Å². The maximum absolute atomic E-state index is 13.1. The van der Waals surface area contributed by atoms with Crippen LogP contribution in [0.5, 0.6) is 0 Å². The van der Waals surface area contributed by atoms with Gasteiger partial charge in [-0.2, -0.15) is 0 Å². The minimum Gasteiger partial charge on any atom is -0.369 e. The maximum Gasteiger partial charge on any atom is 0.275 e. The Kier molecular flexibility index (Phi) is 5.05. The summed E-state index contributed by atoms with van der Waals surface area (Å²) in [6.07, 6.45) is 2.96. The number of hydrogen-bond donors (Lipinski definition) is 0. The van der Waals surface area contributed by atoms with Gasteiger partial charge in [0.15, 0.2) is 0 Å². The van der Waals surface area contributed by atoms with Crippen LogP contribution in [-0.2, 0) is 6.54 Å². The van der Waals surface area contributed by atoms with E-state index in [2.05, 4.69) is 65.3 Å². The van der Waals surface area contributed by atoms with Crippen LogP contribution in [0.25, 0.3) is 16.6 Å². The molecule has 1 aliphatic rings. The van der Waals surface area contributed by atoms with Gasteiger partial charge in [-0.25, -0.2) is 0 Å². The molecule has 1 fully saturated rings. The van der Waals surface area contributed by atoms with Gasteiger partial charge in [-0.05, 0) is 61.9 Å². The fraction of sp³-hybridized carbons (Fsp3) is 0.320. The predicted molar refractivity (Wildman–Crippen MR) is 124 cm³/mol. The average molecular weight is 401 g/mol. The highest BCUT2D eigenvalue weighted by Crippen LogP contribution is 2.18. The molecule has 0 bridgehead atoms. The molecule has 2 aromatic heterocycles. The summed E-state index contributed by atoms with van der Waals surface area (Å²) in [6.45, 7) is 8.13. The first-order chi connectivity index (χ1) is 14.7. The standard InChI is InChI=1S/C25H28N4O/c1-20-10-11-22-24(19-20)28-13-5-9-23(28)25(30)29(22)14-6-12-26-15-17-27(18-16-26)21-7-3-2-4-8-21/h2-5,7-11,13,19H,6,12,14-18H2,1H3. The zero-order valence-electron chi connectivity index (χ0n) is 17.5. The molecule has 0 spiro atoms. The van der Waals surface area contributed by atoms with Crippen molar-refractivity contribution in [3.8, 4) is 0 Å². The molecule has 30 heavy (non-hydrogen) atoms. The molecule has 0 aliphatic carbocycles. The van der Waals surface area contributed by atoms with Gasteiger partial charge in [0.2, 0.25) is 0 Å². The first-order valence-electron chi connectivity index (χ1n) is 10.8. The van der Waals surface area contributed by atoms with Crippen molar-refractivity contribution in [1.82, 2.24) is 13.9 Å². The van der Waals surface area contributed by atoms with E-state index in [-0.39, 0.29) is 5.56 Å². The molecule has 5 nitrogen and oxygen atoms in total. The van der Waals surface area contributed by atoms with E-state index in [4.69, 9.17) is 0 Å². The Bertz CT molecular complexity index is 1220. The fourth-order valence-corrected chi connectivity index (χ4v) is 4.61. The summed E-state index contributed by atoms with van der Waals surface area (Å²) in [7, 11) is 0. The Morgan fingerprint density at radius 3 is 2.40 bits per heavy atom. The summed E-state index contributed by atoms with van der Waals surface area (Å²) in [5, 5.41) is 0. The number of nitrogens with zero attached hydrogens (tertiary/aromatic N) is 4. The zero-order chi connectivity index (χ0) is 20.5. The van der Waals surface area contributed by atoms with Gasteiger partial charge in [0.1, 0.15) is 5.52 Å². The predicted octanol–water partition coefficient (Wildman–Crippen LogP) is 3.77. The Morgan fingerprint density at radius 2 is 1.60 bits per heavy atom. The zero-order valence-corrected chi connectivity index (χ0v) is 17.5. The number of piperazine rings is 1. The SMILES string of the molecule is Cc1ccc2c(c1)n1cccc1c(=O)n2CCCN1CCN(c2ccccc2)CC1. The van der Waals surface area contributed by atoms with E-state index >= 15 is 0 Å². The van der Waals surface area contributed by atoms with E-state index in [1.165, 1.54) is 11.3 Å². The van der Waals surface area contributed by atoms with Crippen LogP contribution in [0.4, 0.5) is 5.69 Å². The van der Waals surface area contributed by atoms with Crippen LogP contribution in [0.1, 0.15) is 12.0 Å². The number of para-hydroxylation sites is 1. The van der Waals surface area contributed by atoms with Crippen molar-refractivity contribution in [3.63, 3.8) is 0 Å². The summed E-state index contributed by atoms with van der Waals surface area (Å²) in [5.41, 5.74) is 5.49. The molecule has 154 valence electrons. The average Bonchev–Trinajstić information content (AvgIpc) is 3.28. The van der Waals surface area contributed by atoms with Crippen molar-refractivity contribution in [2.75, 3.05) is 37.6 Å². The van der Waals surface area contributed by atoms with E-state index < -0.39 is 0 Å². The molecule has 0 atom stereocenters. The maximum atomic E-state index is 13.1. The van der Waals surface area contributed by atoms with Gasteiger partial charge in [0.05, 0.1) is 11.0 Å². The number of rotatable bonds is 5. The second-order valence-electron chi connectivity index (χ2n) is 8.23. The van der Waals surface area contributed by atoms with Crippen molar-refractivity contribution < 1.29 is 0 Å². The summed E-state index contributed by atoms with van der Waals surface area (Å²) in [4.78, 5) is 18.1. The largest absolute Gasteiger partial charge is 0.369 e. The van der Waals surface area contributed by atoms with Crippen molar-refractivity contribution in [2.24, 2.45) is 0 Å². The van der Waals surface area contributed by atoms with E-state index in [0.29, 0.717) is 0 Å². The topological polar surface area (TPSA) is 32.9 Å². The van der Waals surface area contributed by atoms with E-state index in [0.717, 1.165) is 62.2 Å². The Labute approximate surface area is 176 Å². The molecule has 3 heterocycles. The summed E-state index contributed by atoms with van der Waals surface area (Å²) < 4.78 is 3.98.